The van der Waals surface area contributed by atoms with E-state index in [1.807, 2.05) is 18.5 Å². The third-order valence-corrected chi connectivity index (χ3v) is 2.23. The van der Waals surface area contributed by atoms with E-state index in [0.717, 1.165) is 18.7 Å². The van der Waals surface area contributed by atoms with Crippen LogP contribution in [-0.2, 0) is 0 Å². The molecular weight excluding hydrogens is 162 g/mol. The molecule has 3 heteroatoms. The van der Waals surface area contributed by atoms with Crippen LogP contribution in [0.3, 0.4) is 0 Å². The van der Waals surface area contributed by atoms with Gasteiger partial charge < -0.3 is 10.6 Å². The normalized spacial score (nSPS) is 23.5. The van der Waals surface area contributed by atoms with Crippen molar-refractivity contribution in [2.45, 2.75) is 19.3 Å². The van der Waals surface area contributed by atoms with E-state index in [0.29, 0.717) is 0 Å². The second-order valence-corrected chi connectivity index (χ2v) is 3.21. The minimum Gasteiger partial charge on any atom is -0.362 e. The number of hydrogen-bond donors (Lipinski definition) is 2. The van der Waals surface area contributed by atoms with Crippen molar-refractivity contribution >= 4 is 6.21 Å². The Morgan fingerprint density at radius 2 is 2.31 bits per heavy atom. The maximum atomic E-state index is 4.13. The number of nitrogens with zero attached hydrogens (tertiary/aromatic N) is 1. The third kappa shape index (κ3) is 2.18. The van der Waals surface area contributed by atoms with E-state index in [2.05, 4.69) is 15.6 Å². The zero-order chi connectivity index (χ0) is 8.93. The Labute approximate surface area is 78.6 Å². The lowest BCUT2D eigenvalue weighted by atomic mass is 10.0. The van der Waals surface area contributed by atoms with Crippen molar-refractivity contribution in [3.05, 3.63) is 30.2 Å². The van der Waals surface area contributed by atoms with Crippen LogP contribution in [0.15, 0.2) is 29.2 Å². The molecule has 0 saturated carbocycles. The predicted molar refractivity (Wildman–Crippen MR) is 53.9 cm³/mol. The van der Waals surface area contributed by atoms with Gasteiger partial charge in [-0.05, 0) is 31.9 Å². The second-order valence-electron chi connectivity index (χ2n) is 3.21. The Morgan fingerprint density at radius 3 is 3.15 bits per heavy atom. The Kier molecular flexibility index (Phi) is 2.77. The summed E-state index contributed by atoms with van der Waals surface area (Å²) < 4.78 is 0. The summed E-state index contributed by atoms with van der Waals surface area (Å²) in [5.41, 5.74) is 1.10. The fourth-order valence-corrected chi connectivity index (χ4v) is 1.53. The van der Waals surface area contributed by atoms with Crippen molar-refractivity contribution in [1.82, 2.24) is 10.6 Å². The number of aliphatic imine (C=N–C) groups is 1. The number of rotatable bonds is 1. The molecule has 0 amide bonds. The molecule has 0 unspecified atom stereocenters. The first-order valence-electron chi connectivity index (χ1n) is 4.72. The van der Waals surface area contributed by atoms with E-state index in [4.69, 9.17) is 0 Å². The van der Waals surface area contributed by atoms with Gasteiger partial charge >= 0.3 is 0 Å². The molecule has 1 saturated heterocycles. The molecule has 1 fully saturated rings. The summed E-state index contributed by atoms with van der Waals surface area (Å²) in [6.45, 7) is 1.09. The molecule has 0 aromatic heterocycles. The third-order valence-electron chi connectivity index (χ3n) is 2.23. The molecule has 0 spiro atoms. The molecule has 69 valence electrons. The zero-order valence-electron chi connectivity index (χ0n) is 7.59. The summed E-state index contributed by atoms with van der Waals surface area (Å²) in [7, 11) is 0. The number of piperidine rings is 1. The van der Waals surface area contributed by atoms with E-state index in [1.165, 1.54) is 18.9 Å². The molecule has 2 N–H and O–H groups in total. The summed E-state index contributed by atoms with van der Waals surface area (Å²) >= 11 is 0. The maximum Gasteiger partial charge on any atom is 0.0843 e. The van der Waals surface area contributed by atoms with Crippen LogP contribution in [0.2, 0.25) is 0 Å². The van der Waals surface area contributed by atoms with Crippen LogP contribution < -0.4 is 10.6 Å². The van der Waals surface area contributed by atoms with Crippen LogP contribution >= 0.6 is 0 Å². The van der Waals surface area contributed by atoms with Crippen molar-refractivity contribution in [1.29, 1.82) is 0 Å². The van der Waals surface area contributed by atoms with Gasteiger partial charge in [0.2, 0.25) is 0 Å². The van der Waals surface area contributed by atoms with Crippen LogP contribution in [0.1, 0.15) is 19.3 Å². The van der Waals surface area contributed by atoms with Gasteiger partial charge in [-0.2, -0.15) is 0 Å². The first-order valence-corrected chi connectivity index (χ1v) is 4.72. The van der Waals surface area contributed by atoms with Crippen LogP contribution in [0.5, 0.6) is 0 Å². The van der Waals surface area contributed by atoms with Gasteiger partial charge in [0, 0.05) is 18.6 Å². The van der Waals surface area contributed by atoms with E-state index >= 15 is 0 Å². The summed E-state index contributed by atoms with van der Waals surface area (Å²) in [5.74, 6) is 0. The largest absolute Gasteiger partial charge is 0.362 e. The minimum atomic E-state index is 1.09. The van der Waals surface area contributed by atoms with Crippen molar-refractivity contribution in [3.63, 3.8) is 0 Å². The second kappa shape index (κ2) is 4.23. The topological polar surface area (TPSA) is 36.4 Å². The Balaban J connectivity index is 2.01. The maximum absolute atomic E-state index is 4.13. The summed E-state index contributed by atoms with van der Waals surface area (Å²) in [4.78, 5) is 4.13. The minimum absolute atomic E-state index is 1.09. The zero-order valence-corrected chi connectivity index (χ0v) is 7.59. The van der Waals surface area contributed by atoms with E-state index < -0.39 is 0 Å². The lowest BCUT2D eigenvalue weighted by Gasteiger charge is -2.24. The van der Waals surface area contributed by atoms with E-state index in [1.54, 1.807) is 6.21 Å². The highest BCUT2D eigenvalue weighted by Gasteiger charge is 2.17. The molecule has 0 aliphatic carbocycles. The molecule has 2 aliphatic heterocycles. The summed E-state index contributed by atoms with van der Waals surface area (Å²) in [6, 6.07) is 1.29. The first-order chi connectivity index (χ1) is 6.47. The van der Waals surface area contributed by atoms with Gasteiger partial charge in [-0.1, -0.05) is 0 Å². The highest BCUT2D eigenvalue weighted by molar-refractivity contribution is 5.72. The van der Waals surface area contributed by atoms with Gasteiger partial charge in [-0.3, -0.25) is 4.99 Å². The standard InChI is InChI=1S/C10H14N3/c1-2-6-12-9(4-1)10-8-11-5-3-7-13-10/h3,5,7-8,12-13H,1-2,4,6H2. The van der Waals surface area contributed by atoms with E-state index in [9.17, 15) is 0 Å². The highest BCUT2D eigenvalue weighted by Crippen LogP contribution is 2.20. The van der Waals surface area contributed by atoms with Crippen LogP contribution in [0, 0.1) is 6.04 Å². The van der Waals surface area contributed by atoms with Crippen molar-refractivity contribution < 1.29 is 0 Å². The molecule has 0 aromatic rings. The van der Waals surface area contributed by atoms with Crippen LogP contribution in [-0.4, -0.2) is 12.8 Å². The quantitative estimate of drug-likeness (QED) is 0.632. The molecule has 1 radical (unpaired) electrons. The van der Waals surface area contributed by atoms with Crippen molar-refractivity contribution in [2.24, 2.45) is 4.99 Å². The van der Waals surface area contributed by atoms with Gasteiger partial charge in [-0.25, -0.2) is 0 Å². The summed E-state index contributed by atoms with van der Waals surface area (Å²) in [6.07, 6.45) is 11.1. The Bertz CT molecular complexity index is 247. The van der Waals surface area contributed by atoms with Gasteiger partial charge in [0.05, 0.1) is 11.7 Å². The van der Waals surface area contributed by atoms with E-state index in [-0.39, 0.29) is 0 Å². The monoisotopic (exact) mass is 176 g/mol. The molecule has 2 aliphatic rings. The Hall–Kier alpha value is -1.09. The van der Waals surface area contributed by atoms with Gasteiger partial charge in [-0.15, -0.1) is 0 Å². The van der Waals surface area contributed by atoms with Gasteiger partial charge in [0.15, 0.2) is 0 Å². The number of allylic oxidation sites excluding steroid dienone is 1. The highest BCUT2D eigenvalue weighted by atomic mass is 15.0. The average molecular weight is 176 g/mol. The molecule has 3 nitrogen and oxygen atoms in total. The molecule has 2 rings (SSSR count). The lowest BCUT2D eigenvalue weighted by molar-refractivity contribution is 0.520. The molecule has 2 heterocycles. The predicted octanol–water partition coefficient (Wildman–Crippen LogP) is 1.32. The summed E-state index contributed by atoms with van der Waals surface area (Å²) in [5, 5.41) is 6.60. The van der Waals surface area contributed by atoms with Crippen molar-refractivity contribution in [2.75, 3.05) is 6.54 Å². The SMILES string of the molecule is C1=CNC([C]2CCCCN2)=CN=C1. The molecular formula is C10H14N3. The lowest BCUT2D eigenvalue weighted by Crippen LogP contribution is -2.31. The molecule has 0 bridgehead atoms. The van der Waals surface area contributed by atoms with Gasteiger partial charge in [0.25, 0.3) is 0 Å². The smallest absolute Gasteiger partial charge is 0.0843 e. The molecule has 0 aromatic carbocycles. The number of hydrogen-bond acceptors (Lipinski definition) is 3. The van der Waals surface area contributed by atoms with Crippen LogP contribution in [0.25, 0.3) is 0 Å². The first kappa shape index (κ1) is 8.51. The Morgan fingerprint density at radius 1 is 1.31 bits per heavy atom. The van der Waals surface area contributed by atoms with Gasteiger partial charge in [0.1, 0.15) is 0 Å². The average Bonchev–Trinajstić information content (AvgIpc) is 2.47. The molecule has 0 atom stereocenters. The van der Waals surface area contributed by atoms with Crippen LogP contribution in [0.4, 0.5) is 0 Å². The van der Waals surface area contributed by atoms with Crippen molar-refractivity contribution in [3.8, 4) is 0 Å². The number of nitrogens with one attached hydrogen (secondary N) is 2. The fourth-order valence-electron chi connectivity index (χ4n) is 1.53. The molecule has 13 heavy (non-hydrogen) atoms. The fraction of sp³-hybridized carbons (Fsp3) is 0.400.